The zero-order valence-corrected chi connectivity index (χ0v) is 9.58. The molecule has 0 saturated carbocycles. The van der Waals surface area contributed by atoms with Crippen molar-refractivity contribution in [2.24, 2.45) is 0 Å². The van der Waals surface area contributed by atoms with Gasteiger partial charge in [0.15, 0.2) is 0 Å². The van der Waals surface area contributed by atoms with Gasteiger partial charge in [0.1, 0.15) is 24.2 Å². The van der Waals surface area contributed by atoms with Crippen LogP contribution in [0, 0.1) is 6.92 Å². The van der Waals surface area contributed by atoms with E-state index in [1.54, 1.807) is 13.1 Å². The van der Waals surface area contributed by atoms with E-state index >= 15 is 0 Å². The number of nitrogens with zero attached hydrogens (tertiary/aromatic N) is 4. The van der Waals surface area contributed by atoms with Crippen molar-refractivity contribution in [3.05, 3.63) is 18.0 Å². The molecule has 0 aliphatic rings. The van der Waals surface area contributed by atoms with E-state index in [1.807, 2.05) is 6.92 Å². The van der Waals surface area contributed by atoms with Gasteiger partial charge in [0.2, 0.25) is 0 Å². The topological polar surface area (TPSA) is 83.0 Å². The summed E-state index contributed by atoms with van der Waals surface area (Å²) in [6.45, 7) is 4.00. The molecule has 0 unspecified atom stereocenters. The number of hydrogen-bond donors (Lipinski definition) is 0. The summed E-state index contributed by atoms with van der Waals surface area (Å²) < 4.78 is 11.0. The molecule has 2 heterocycles. The molecule has 0 aliphatic heterocycles. The first-order chi connectivity index (χ1) is 8.20. The number of aryl methyl sites for hydroxylation is 1. The lowest BCUT2D eigenvalue weighted by Gasteiger charge is -1.99. The van der Waals surface area contributed by atoms with Crippen LogP contribution >= 0.6 is 0 Å². The van der Waals surface area contributed by atoms with E-state index in [4.69, 9.17) is 9.26 Å². The Hall–Kier alpha value is -2.18. The van der Waals surface area contributed by atoms with Gasteiger partial charge < -0.3 is 9.26 Å². The van der Waals surface area contributed by atoms with Crippen LogP contribution in [0.3, 0.4) is 0 Å². The van der Waals surface area contributed by atoms with E-state index in [-0.39, 0.29) is 12.5 Å². The smallest absolute Gasteiger partial charge is 0.327 e. The maximum absolute atomic E-state index is 11.2. The van der Waals surface area contributed by atoms with Crippen molar-refractivity contribution in [1.29, 1.82) is 0 Å². The Kier molecular flexibility index (Phi) is 3.17. The van der Waals surface area contributed by atoms with Gasteiger partial charge in [0.25, 0.3) is 0 Å². The highest BCUT2D eigenvalue weighted by atomic mass is 16.5. The van der Waals surface area contributed by atoms with Crippen LogP contribution in [0.4, 0.5) is 0 Å². The van der Waals surface area contributed by atoms with Crippen molar-refractivity contribution in [3.63, 3.8) is 0 Å². The van der Waals surface area contributed by atoms with Gasteiger partial charge in [-0.3, -0.25) is 4.79 Å². The Bertz CT molecular complexity index is 517. The fraction of sp³-hybridized carbons (Fsp3) is 0.400. The summed E-state index contributed by atoms with van der Waals surface area (Å²) >= 11 is 0. The first kappa shape index (κ1) is 11.3. The standard InChI is InChI=1S/C10H12N4O3/c1-3-16-9(15)5-14-4-8(11-13-14)10-7(2)6-17-12-10/h4,6H,3,5H2,1-2H3. The van der Waals surface area contributed by atoms with Gasteiger partial charge in [0, 0.05) is 5.56 Å². The molecule has 0 fully saturated rings. The number of carbonyl (C=O) groups is 1. The lowest BCUT2D eigenvalue weighted by molar-refractivity contribution is -0.144. The molecule has 0 atom stereocenters. The minimum absolute atomic E-state index is 0.0394. The Morgan fingerprint density at radius 3 is 3.06 bits per heavy atom. The number of hydrogen-bond acceptors (Lipinski definition) is 6. The molecular weight excluding hydrogens is 224 g/mol. The molecule has 17 heavy (non-hydrogen) atoms. The van der Waals surface area contributed by atoms with Gasteiger partial charge in [-0.25, -0.2) is 4.68 Å². The number of rotatable bonds is 4. The molecule has 0 aromatic carbocycles. The van der Waals surface area contributed by atoms with Crippen molar-refractivity contribution >= 4 is 5.97 Å². The van der Waals surface area contributed by atoms with Crippen molar-refractivity contribution in [2.45, 2.75) is 20.4 Å². The van der Waals surface area contributed by atoms with Crippen LogP contribution in [0.1, 0.15) is 12.5 Å². The predicted octanol–water partition coefficient (Wildman–Crippen LogP) is 0.805. The van der Waals surface area contributed by atoms with E-state index in [0.717, 1.165) is 5.56 Å². The summed E-state index contributed by atoms with van der Waals surface area (Å²) in [7, 11) is 0. The van der Waals surface area contributed by atoms with Gasteiger partial charge in [0.05, 0.1) is 12.8 Å². The van der Waals surface area contributed by atoms with Crippen LogP contribution in [0.2, 0.25) is 0 Å². The van der Waals surface area contributed by atoms with Crippen molar-refractivity contribution in [3.8, 4) is 11.4 Å². The highest BCUT2D eigenvalue weighted by Gasteiger charge is 2.12. The molecule has 90 valence electrons. The number of esters is 1. The SMILES string of the molecule is CCOC(=O)Cn1cc(-c2nocc2C)nn1. The van der Waals surface area contributed by atoms with Crippen LogP contribution in [-0.2, 0) is 16.1 Å². The molecule has 0 bridgehead atoms. The molecule has 0 N–H and O–H groups in total. The number of ether oxygens (including phenoxy) is 1. The second-order valence-corrected chi connectivity index (χ2v) is 3.45. The maximum atomic E-state index is 11.2. The van der Waals surface area contributed by atoms with Crippen LogP contribution in [0.15, 0.2) is 17.0 Å². The summed E-state index contributed by atoms with van der Waals surface area (Å²) in [5.41, 5.74) is 2.06. The summed E-state index contributed by atoms with van der Waals surface area (Å²) in [6, 6.07) is 0. The summed E-state index contributed by atoms with van der Waals surface area (Å²) in [6.07, 6.45) is 3.15. The Labute approximate surface area is 97.3 Å². The van der Waals surface area contributed by atoms with E-state index < -0.39 is 0 Å². The monoisotopic (exact) mass is 236 g/mol. The molecule has 2 rings (SSSR count). The molecule has 0 radical (unpaired) electrons. The molecule has 0 saturated heterocycles. The normalized spacial score (nSPS) is 10.5. The van der Waals surface area contributed by atoms with Gasteiger partial charge in [-0.2, -0.15) is 0 Å². The van der Waals surface area contributed by atoms with Gasteiger partial charge in [-0.1, -0.05) is 10.4 Å². The second kappa shape index (κ2) is 4.77. The number of aromatic nitrogens is 4. The molecule has 7 heteroatoms. The maximum Gasteiger partial charge on any atom is 0.327 e. The van der Waals surface area contributed by atoms with E-state index in [9.17, 15) is 4.79 Å². The van der Waals surface area contributed by atoms with Crippen LogP contribution < -0.4 is 0 Å². The first-order valence-corrected chi connectivity index (χ1v) is 5.17. The lowest BCUT2D eigenvalue weighted by Crippen LogP contribution is -2.13. The fourth-order valence-electron chi connectivity index (χ4n) is 1.36. The van der Waals surface area contributed by atoms with Crippen molar-refractivity contribution < 1.29 is 14.1 Å². The lowest BCUT2D eigenvalue weighted by atomic mass is 10.2. The largest absolute Gasteiger partial charge is 0.465 e. The Morgan fingerprint density at radius 2 is 2.41 bits per heavy atom. The third kappa shape index (κ3) is 2.49. The molecule has 2 aromatic rings. The zero-order valence-electron chi connectivity index (χ0n) is 9.58. The summed E-state index contributed by atoms with van der Waals surface area (Å²) in [5, 5.41) is 11.5. The third-order valence-corrected chi connectivity index (χ3v) is 2.12. The van der Waals surface area contributed by atoms with E-state index in [0.29, 0.717) is 18.0 Å². The van der Waals surface area contributed by atoms with Gasteiger partial charge >= 0.3 is 5.97 Å². The van der Waals surface area contributed by atoms with E-state index in [2.05, 4.69) is 15.5 Å². The molecule has 2 aromatic heterocycles. The molecule has 7 nitrogen and oxygen atoms in total. The summed E-state index contributed by atoms with van der Waals surface area (Å²) in [4.78, 5) is 11.2. The predicted molar refractivity (Wildman–Crippen MR) is 56.9 cm³/mol. The quantitative estimate of drug-likeness (QED) is 0.730. The Balaban J connectivity index is 2.11. The number of carbonyl (C=O) groups excluding carboxylic acids is 1. The fourth-order valence-corrected chi connectivity index (χ4v) is 1.36. The van der Waals surface area contributed by atoms with E-state index in [1.165, 1.54) is 10.9 Å². The molecule has 0 spiro atoms. The van der Waals surface area contributed by atoms with Crippen LogP contribution in [0.25, 0.3) is 11.4 Å². The molecule has 0 aliphatic carbocycles. The third-order valence-electron chi connectivity index (χ3n) is 2.12. The van der Waals surface area contributed by atoms with Crippen LogP contribution in [-0.4, -0.2) is 32.7 Å². The Morgan fingerprint density at radius 1 is 1.59 bits per heavy atom. The molecular formula is C10H12N4O3. The average Bonchev–Trinajstić information content (AvgIpc) is 2.87. The highest BCUT2D eigenvalue weighted by molar-refractivity contribution is 5.69. The van der Waals surface area contributed by atoms with Crippen molar-refractivity contribution in [1.82, 2.24) is 20.2 Å². The minimum Gasteiger partial charge on any atom is -0.465 e. The average molecular weight is 236 g/mol. The van der Waals surface area contributed by atoms with Gasteiger partial charge in [-0.05, 0) is 13.8 Å². The summed E-state index contributed by atoms with van der Waals surface area (Å²) in [5.74, 6) is -0.346. The first-order valence-electron chi connectivity index (χ1n) is 5.17. The van der Waals surface area contributed by atoms with Crippen LogP contribution in [0.5, 0.6) is 0 Å². The highest BCUT2D eigenvalue weighted by Crippen LogP contribution is 2.17. The van der Waals surface area contributed by atoms with Gasteiger partial charge in [-0.15, -0.1) is 5.10 Å². The second-order valence-electron chi connectivity index (χ2n) is 3.45. The molecule has 0 amide bonds. The zero-order chi connectivity index (χ0) is 12.3. The van der Waals surface area contributed by atoms with Crippen molar-refractivity contribution in [2.75, 3.05) is 6.61 Å². The minimum atomic E-state index is -0.346.